The van der Waals surface area contributed by atoms with Gasteiger partial charge in [0.1, 0.15) is 6.17 Å². The predicted molar refractivity (Wildman–Crippen MR) is 60.8 cm³/mol. The van der Waals surface area contributed by atoms with E-state index in [1.165, 1.54) is 12.8 Å². The van der Waals surface area contributed by atoms with Crippen LogP contribution < -0.4 is 0 Å². The maximum atomic E-state index is 12.9. The molecule has 0 fully saturated rings. The van der Waals surface area contributed by atoms with Gasteiger partial charge in [-0.15, -0.1) is 0 Å². The van der Waals surface area contributed by atoms with Crippen LogP contribution in [0.5, 0.6) is 0 Å². The smallest absolute Gasteiger partial charge is 0.122 e. The fourth-order valence-electron chi connectivity index (χ4n) is 1.09. The van der Waals surface area contributed by atoms with Crippen molar-refractivity contribution in [2.24, 2.45) is 0 Å². The highest BCUT2D eigenvalue weighted by atomic mass is 127. The van der Waals surface area contributed by atoms with Crippen LogP contribution in [0.1, 0.15) is 26.7 Å². The van der Waals surface area contributed by atoms with E-state index in [-0.39, 0.29) is 0 Å². The van der Waals surface area contributed by atoms with E-state index < -0.39 is 6.17 Å². The van der Waals surface area contributed by atoms with Gasteiger partial charge in [-0.05, 0) is 19.5 Å². The molecule has 1 nitrogen and oxygen atoms in total. The fourth-order valence-corrected chi connectivity index (χ4v) is 1.37. The second-order valence-electron chi connectivity index (χ2n) is 3.00. The van der Waals surface area contributed by atoms with E-state index in [1.54, 1.807) is 0 Å². The van der Waals surface area contributed by atoms with E-state index in [1.807, 2.05) is 0 Å². The summed E-state index contributed by atoms with van der Waals surface area (Å²) in [5.41, 5.74) is 0. The molecule has 0 rings (SSSR count). The van der Waals surface area contributed by atoms with E-state index in [0.717, 1.165) is 13.1 Å². The third-order valence-electron chi connectivity index (χ3n) is 1.90. The van der Waals surface area contributed by atoms with Gasteiger partial charge < -0.3 is 4.90 Å². The lowest BCUT2D eigenvalue weighted by Gasteiger charge is -2.21. The molecule has 12 heavy (non-hydrogen) atoms. The summed E-state index contributed by atoms with van der Waals surface area (Å²) in [5, 5.41) is 0. The Bertz CT molecular complexity index is 101. The van der Waals surface area contributed by atoms with Crippen LogP contribution in [0.25, 0.3) is 0 Å². The van der Waals surface area contributed by atoms with Gasteiger partial charge >= 0.3 is 0 Å². The Hall–Kier alpha value is 0.620. The van der Waals surface area contributed by atoms with Crippen LogP contribution in [0.4, 0.5) is 4.39 Å². The Kier molecular flexibility index (Phi) is 8.65. The topological polar surface area (TPSA) is 3.24 Å². The molecule has 0 saturated heterocycles. The average Bonchev–Trinajstić information content (AvgIpc) is 2.11. The summed E-state index contributed by atoms with van der Waals surface area (Å²) in [4.78, 5) is 2.19. The summed E-state index contributed by atoms with van der Waals surface area (Å²) in [6.45, 7) is 6.88. The molecule has 0 aliphatic rings. The lowest BCUT2D eigenvalue weighted by atomic mass is 10.3. The molecule has 0 aliphatic heterocycles. The Morgan fingerprint density at radius 2 is 2.08 bits per heavy atom. The maximum Gasteiger partial charge on any atom is 0.122 e. The molecule has 0 aliphatic carbocycles. The number of hydrogen-bond acceptors (Lipinski definition) is 1. The van der Waals surface area contributed by atoms with Crippen molar-refractivity contribution in [1.29, 1.82) is 0 Å². The number of hydrogen-bond donors (Lipinski definition) is 0. The van der Waals surface area contributed by atoms with Gasteiger partial charge in [0.05, 0.1) is 0 Å². The largest absolute Gasteiger partial charge is 0.301 e. The minimum atomic E-state index is -0.651. The van der Waals surface area contributed by atoms with E-state index in [9.17, 15) is 4.39 Å². The van der Waals surface area contributed by atoms with E-state index >= 15 is 0 Å². The van der Waals surface area contributed by atoms with Crippen LogP contribution in [-0.2, 0) is 0 Å². The number of alkyl halides is 2. The van der Waals surface area contributed by atoms with Gasteiger partial charge in [-0.3, -0.25) is 0 Å². The summed E-state index contributed by atoms with van der Waals surface area (Å²) >= 11 is 2.10. The van der Waals surface area contributed by atoms with Gasteiger partial charge in [0.2, 0.25) is 0 Å². The van der Waals surface area contributed by atoms with E-state index in [4.69, 9.17) is 0 Å². The summed E-state index contributed by atoms with van der Waals surface area (Å²) in [6, 6.07) is 0. The minimum Gasteiger partial charge on any atom is -0.301 e. The van der Waals surface area contributed by atoms with Crippen LogP contribution in [0, 0.1) is 0 Å². The monoisotopic (exact) mass is 287 g/mol. The molecule has 0 heterocycles. The number of halogens is 2. The molecular formula is C9H19FIN. The molecule has 0 radical (unpaired) electrons. The molecule has 0 bridgehead atoms. The maximum absolute atomic E-state index is 12.9. The van der Waals surface area contributed by atoms with Crippen molar-refractivity contribution in [3.05, 3.63) is 0 Å². The van der Waals surface area contributed by atoms with Crippen LogP contribution in [-0.4, -0.2) is 35.1 Å². The summed E-state index contributed by atoms with van der Waals surface area (Å²) in [6.07, 6.45) is 1.72. The molecular weight excluding hydrogens is 268 g/mol. The third-order valence-corrected chi connectivity index (χ3v) is 2.85. The van der Waals surface area contributed by atoms with Crippen molar-refractivity contribution in [2.75, 3.05) is 24.1 Å². The highest BCUT2D eigenvalue weighted by Gasteiger charge is 2.09. The average molecular weight is 287 g/mol. The molecule has 0 spiro atoms. The van der Waals surface area contributed by atoms with E-state index in [0.29, 0.717) is 11.0 Å². The molecule has 0 aromatic heterocycles. The van der Waals surface area contributed by atoms with Crippen LogP contribution >= 0.6 is 22.6 Å². The molecule has 3 heteroatoms. The number of rotatable bonds is 7. The van der Waals surface area contributed by atoms with Crippen molar-refractivity contribution in [2.45, 2.75) is 32.9 Å². The fraction of sp³-hybridized carbons (Fsp3) is 1.00. The molecule has 0 aromatic rings. The second-order valence-corrected chi connectivity index (χ2v) is 3.88. The lowest BCUT2D eigenvalue weighted by molar-refractivity contribution is 0.211. The molecule has 0 aromatic carbocycles. The summed E-state index contributed by atoms with van der Waals surface area (Å²) in [5.74, 6) is 0. The Labute approximate surface area is 88.8 Å². The standard InChI is InChI=1S/C9H19FIN/c1-3-5-6-12(4-2)8-9(10)7-11/h9H,3-8H2,1-2H3. The Morgan fingerprint density at radius 1 is 1.42 bits per heavy atom. The first-order valence-electron chi connectivity index (χ1n) is 4.66. The highest BCUT2D eigenvalue weighted by Crippen LogP contribution is 2.02. The van der Waals surface area contributed by atoms with Crippen molar-refractivity contribution in [1.82, 2.24) is 4.90 Å². The molecule has 0 amide bonds. The zero-order valence-electron chi connectivity index (χ0n) is 8.02. The SMILES string of the molecule is CCCCN(CC)CC(F)CI. The van der Waals surface area contributed by atoms with Crippen LogP contribution in [0.2, 0.25) is 0 Å². The zero-order chi connectivity index (χ0) is 9.40. The zero-order valence-corrected chi connectivity index (χ0v) is 10.2. The summed E-state index contributed by atoms with van der Waals surface area (Å²) < 4.78 is 13.6. The van der Waals surface area contributed by atoms with Gasteiger partial charge in [-0.2, -0.15) is 0 Å². The Morgan fingerprint density at radius 3 is 2.50 bits per heavy atom. The van der Waals surface area contributed by atoms with Crippen molar-refractivity contribution < 1.29 is 4.39 Å². The van der Waals surface area contributed by atoms with Gasteiger partial charge in [-0.25, -0.2) is 4.39 Å². The summed E-state index contributed by atoms with van der Waals surface area (Å²) in [7, 11) is 0. The number of nitrogens with zero attached hydrogens (tertiary/aromatic N) is 1. The number of unbranched alkanes of at least 4 members (excludes halogenated alkanes) is 1. The second kappa shape index (κ2) is 8.23. The van der Waals surface area contributed by atoms with Crippen LogP contribution in [0.3, 0.4) is 0 Å². The van der Waals surface area contributed by atoms with Crippen molar-refractivity contribution >= 4 is 22.6 Å². The predicted octanol–water partition coefficient (Wildman–Crippen LogP) is 2.88. The first-order valence-corrected chi connectivity index (χ1v) is 6.19. The normalized spacial score (nSPS) is 13.8. The Balaban J connectivity index is 3.51. The minimum absolute atomic E-state index is 0.611. The third kappa shape index (κ3) is 6.17. The van der Waals surface area contributed by atoms with Gasteiger partial charge in [0.25, 0.3) is 0 Å². The van der Waals surface area contributed by atoms with Crippen molar-refractivity contribution in [3.8, 4) is 0 Å². The first-order chi connectivity index (χ1) is 5.74. The molecule has 74 valence electrons. The lowest BCUT2D eigenvalue weighted by Crippen LogP contribution is -2.31. The molecule has 0 saturated carbocycles. The molecule has 1 unspecified atom stereocenters. The van der Waals surface area contributed by atoms with E-state index in [2.05, 4.69) is 41.3 Å². The van der Waals surface area contributed by atoms with Gasteiger partial charge in [-0.1, -0.05) is 42.9 Å². The first kappa shape index (κ1) is 12.6. The molecule has 1 atom stereocenters. The highest BCUT2D eigenvalue weighted by molar-refractivity contribution is 14.1. The van der Waals surface area contributed by atoms with Gasteiger partial charge in [0, 0.05) is 11.0 Å². The quantitative estimate of drug-likeness (QED) is 0.514. The van der Waals surface area contributed by atoms with Crippen LogP contribution in [0.15, 0.2) is 0 Å². The van der Waals surface area contributed by atoms with Gasteiger partial charge in [0.15, 0.2) is 0 Å². The van der Waals surface area contributed by atoms with Crippen molar-refractivity contribution in [3.63, 3.8) is 0 Å². The molecule has 0 N–H and O–H groups in total.